The molecule has 272 valence electrons. The highest BCUT2D eigenvalue weighted by Gasteiger charge is 2.33. The fourth-order valence-electron chi connectivity index (χ4n) is 6.46. The number of hydrogen-bond acceptors (Lipinski definition) is 7. The number of nitrogens with one attached hydrogen (secondary N) is 3. The second kappa shape index (κ2) is 18.5. The molecule has 0 aliphatic carbocycles. The van der Waals surface area contributed by atoms with Gasteiger partial charge in [0.25, 0.3) is 0 Å². The van der Waals surface area contributed by atoms with Gasteiger partial charge in [0.05, 0.1) is 24.6 Å². The number of para-hydroxylation sites is 1. The lowest BCUT2D eigenvalue weighted by molar-refractivity contribution is -0.147. The number of nitrogens with zero attached hydrogens (tertiary/aromatic N) is 1. The molecule has 1 aromatic heterocycles. The van der Waals surface area contributed by atoms with Gasteiger partial charge in [-0.15, -0.1) is 13.2 Å². The van der Waals surface area contributed by atoms with Crippen molar-refractivity contribution in [1.82, 2.24) is 20.5 Å². The second-order valence-corrected chi connectivity index (χ2v) is 12.9. The quantitative estimate of drug-likeness (QED) is 0.0878. The fraction of sp³-hybridized carbons (Fsp3) is 0.317. The first-order chi connectivity index (χ1) is 25.3. The van der Waals surface area contributed by atoms with E-state index in [1.165, 1.54) is 6.08 Å². The number of ether oxygens (including phenoxy) is 2. The van der Waals surface area contributed by atoms with Crippen molar-refractivity contribution >= 4 is 34.8 Å². The maximum absolute atomic E-state index is 13.9. The number of fused-ring (bicyclic) bond motifs is 2. The third kappa shape index (κ3) is 9.97. The molecule has 1 aliphatic rings. The Morgan fingerprint density at radius 1 is 0.904 bits per heavy atom. The molecular weight excluding hydrogens is 660 g/mol. The van der Waals surface area contributed by atoms with Crippen LogP contribution in [0, 0.1) is 5.92 Å². The van der Waals surface area contributed by atoms with Gasteiger partial charge in [0, 0.05) is 30.1 Å². The largest absolute Gasteiger partial charge is 0.462 e. The summed E-state index contributed by atoms with van der Waals surface area (Å²) < 4.78 is 11.0. The number of aliphatic hydroxyl groups is 1. The molecule has 0 spiro atoms. The number of alkyl carbamates (subject to hydrolysis) is 1. The van der Waals surface area contributed by atoms with Crippen molar-refractivity contribution in [2.45, 2.75) is 63.4 Å². The van der Waals surface area contributed by atoms with E-state index < -0.39 is 42.0 Å². The minimum Gasteiger partial charge on any atom is -0.462 e. The molecule has 4 atom stereocenters. The number of benzene rings is 3. The topological polar surface area (TPSA) is 150 Å². The van der Waals surface area contributed by atoms with Crippen molar-refractivity contribution < 1.29 is 33.8 Å². The highest BCUT2D eigenvalue weighted by atomic mass is 16.6. The second-order valence-electron chi connectivity index (χ2n) is 12.9. The molecule has 11 nitrogen and oxygen atoms in total. The van der Waals surface area contributed by atoms with E-state index in [0.717, 1.165) is 33.2 Å². The van der Waals surface area contributed by atoms with E-state index >= 15 is 0 Å². The van der Waals surface area contributed by atoms with Crippen LogP contribution in [0.4, 0.5) is 4.79 Å². The van der Waals surface area contributed by atoms with Crippen molar-refractivity contribution in [3.63, 3.8) is 0 Å². The number of carbonyl (C=O) groups is 4. The van der Waals surface area contributed by atoms with Gasteiger partial charge in [0.2, 0.25) is 11.8 Å². The molecule has 0 saturated carbocycles. The SMILES string of the molecule is C=CC[C@H](CC(=O)N1Cc2ccccc2C[C@H]1CO)C(=O)N[C@H](COC(=O)[C@@H](CC=C)NC(=O)OCc1ccccc1)Cc1c[nH]c2ccccc12. The summed E-state index contributed by atoms with van der Waals surface area (Å²) in [4.78, 5) is 58.4. The van der Waals surface area contributed by atoms with E-state index in [9.17, 15) is 24.3 Å². The average molecular weight is 707 g/mol. The molecule has 4 N–H and O–H groups in total. The maximum atomic E-state index is 13.9. The molecular formula is C41H46N4O7. The minimum absolute atomic E-state index is 0.0291. The third-order valence-electron chi connectivity index (χ3n) is 9.24. The zero-order valence-corrected chi connectivity index (χ0v) is 29.2. The number of carbonyl (C=O) groups excluding carboxylic acids is 4. The number of rotatable bonds is 17. The lowest BCUT2D eigenvalue weighted by Crippen LogP contribution is -2.49. The number of hydrogen-bond donors (Lipinski definition) is 4. The number of aromatic amines is 1. The van der Waals surface area contributed by atoms with Gasteiger partial charge in [0.1, 0.15) is 19.3 Å². The zero-order chi connectivity index (χ0) is 36.9. The van der Waals surface area contributed by atoms with Crippen LogP contribution in [-0.2, 0) is 49.9 Å². The van der Waals surface area contributed by atoms with Gasteiger partial charge >= 0.3 is 12.1 Å². The van der Waals surface area contributed by atoms with Crippen molar-refractivity contribution in [3.05, 3.63) is 133 Å². The van der Waals surface area contributed by atoms with Crippen molar-refractivity contribution in [2.75, 3.05) is 13.2 Å². The summed E-state index contributed by atoms with van der Waals surface area (Å²) in [7, 11) is 0. The third-order valence-corrected chi connectivity index (χ3v) is 9.24. The molecule has 0 radical (unpaired) electrons. The van der Waals surface area contributed by atoms with Gasteiger partial charge in [-0.25, -0.2) is 9.59 Å². The van der Waals surface area contributed by atoms with Gasteiger partial charge in [-0.1, -0.05) is 84.9 Å². The Labute approximate surface area is 303 Å². The Morgan fingerprint density at radius 2 is 1.62 bits per heavy atom. The van der Waals surface area contributed by atoms with Gasteiger partial charge in [0.15, 0.2) is 0 Å². The monoisotopic (exact) mass is 706 g/mol. The van der Waals surface area contributed by atoms with Crippen LogP contribution in [0.5, 0.6) is 0 Å². The van der Waals surface area contributed by atoms with E-state index in [-0.39, 0.29) is 45.0 Å². The zero-order valence-electron chi connectivity index (χ0n) is 29.2. The fourth-order valence-corrected chi connectivity index (χ4v) is 6.46. The van der Waals surface area contributed by atoms with Crippen LogP contribution in [0.25, 0.3) is 10.9 Å². The minimum atomic E-state index is -1.06. The van der Waals surface area contributed by atoms with Gasteiger partial charge in [-0.05, 0) is 54.0 Å². The van der Waals surface area contributed by atoms with Crippen molar-refractivity contribution in [1.29, 1.82) is 0 Å². The van der Waals surface area contributed by atoms with Crippen LogP contribution >= 0.6 is 0 Å². The first-order valence-corrected chi connectivity index (χ1v) is 17.5. The molecule has 3 amide bonds. The highest BCUT2D eigenvalue weighted by molar-refractivity contribution is 5.87. The molecule has 0 unspecified atom stereocenters. The van der Waals surface area contributed by atoms with Crippen molar-refractivity contribution in [2.24, 2.45) is 5.92 Å². The van der Waals surface area contributed by atoms with Crippen LogP contribution in [0.1, 0.15) is 41.5 Å². The average Bonchev–Trinajstić information content (AvgIpc) is 3.57. The van der Waals surface area contributed by atoms with Crippen LogP contribution in [0.15, 0.2) is 110 Å². The molecule has 0 bridgehead atoms. The molecule has 5 rings (SSSR count). The smallest absolute Gasteiger partial charge is 0.408 e. The predicted octanol–water partition coefficient (Wildman–Crippen LogP) is 5.14. The first kappa shape index (κ1) is 37.6. The molecule has 52 heavy (non-hydrogen) atoms. The summed E-state index contributed by atoms with van der Waals surface area (Å²) in [5.41, 5.74) is 4.72. The summed E-state index contributed by atoms with van der Waals surface area (Å²) in [5.74, 6) is -2.10. The molecule has 3 aromatic carbocycles. The molecule has 0 saturated heterocycles. The Balaban J connectivity index is 1.27. The van der Waals surface area contributed by atoms with Gasteiger partial charge in [-0.3, -0.25) is 9.59 Å². The van der Waals surface area contributed by atoms with Gasteiger partial charge in [-0.2, -0.15) is 0 Å². The van der Waals surface area contributed by atoms with Crippen LogP contribution in [0.3, 0.4) is 0 Å². The Hall–Kier alpha value is -5.68. The summed E-state index contributed by atoms with van der Waals surface area (Å²) in [6, 6.07) is 22.6. The summed E-state index contributed by atoms with van der Waals surface area (Å²) in [6.07, 6.45) is 5.25. The molecule has 2 heterocycles. The summed E-state index contributed by atoms with van der Waals surface area (Å²) in [6.45, 7) is 7.50. The Bertz CT molecular complexity index is 1860. The highest BCUT2D eigenvalue weighted by Crippen LogP contribution is 2.26. The number of esters is 1. The molecule has 0 fully saturated rings. The van der Waals surface area contributed by atoms with Gasteiger partial charge < -0.3 is 35.1 Å². The van der Waals surface area contributed by atoms with E-state index in [2.05, 4.69) is 28.8 Å². The number of aliphatic hydroxyl groups excluding tert-OH is 1. The van der Waals surface area contributed by atoms with Crippen molar-refractivity contribution in [3.8, 4) is 0 Å². The van der Waals surface area contributed by atoms with Crippen LogP contribution in [0.2, 0.25) is 0 Å². The van der Waals surface area contributed by atoms with Crippen LogP contribution in [-0.4, -0.2) is 70.2 Å². The lowest BCUT2D eigenvalue weighted by Gasteiger charge is -2.36. The van der Waals surface area contributed by atoms with E-state index in [1.807, 2.05) is 85.1 Å². The molecule has 11 heteroatoms. The Morgan fingerprint density at radius 3 is 2.37 bits per heavy atom. The Kier molecular flexibility index (Phi) is 13.4. The molecule has 1 aliphatic heterocycles. The number of H-pyrrole nitrogens is 1. The summed E-state index contributed by atoms with van der Waals surface area (Å²) >= 11 is 0. The molecule has 4 aromatic rings. The number of amides is 3. The number of allylic oxidation sites excluding steroid dienone is 1. The van der Waals surface area contributed by atoms with Crippen LogP contribution < -0.4 is 10.6 Å². The lowest BCUT2D eigenvalue weighted by atomic mass is 9.92. The predicted molar refractivity (Wildman–Crippen MR) is 198 cm³/mol. The van der Waals surface area contributed by atoms with E-state index in [4.69, 9.17) is 9.47 Å². The first-order valence-electron chi connectivity index (χ1n) is 17.5. The maximum Gasteiger partial charge on any atom is 0.408 e. The van der Waals surface area contributed by atoms with E-state index in [1.54, 1.807) is 11.0 Å². The standard InChI is InChI=1S/C41H46N4O7/c1-3-12-30(22-38(47)45-24-31-17-9-8-16-29(31)21-34(45)25-46)39(48)43-33(20-32-23-42-36-19-11-10-18-35(32)36)27-51-40(49)37(13-4-2)44-41(50)52-26-28-14-6-5-7-15-28/h3-11,14-19,23,30,33-34,37,42,46H,1-2,12-13,20-22,24-27H2,(H,43,48)(H,44,50)/t30-,33+,34+,37-/m1/s1. The summed E-state index contributed by atoms with van der Waals surface area (Å²) in [5, 5.41) is 16.7. The van der Waals surface area contributed by atoms with E-state index in [0.29, 0.717) is 19.4 Å². The number of aromatic nitrogens is 1. The normalized spacial score (nSPS) is 15.4.